The molecule has 0 aliphatic rings. The molecule has 0 aliphatic carbocycles. The second-order valence-electron chi connectivity index (χ2n) is 3.86. The van der Waals surface area contributed by atoms with Crippen molar-refractivity contribution in [2.75, 3.05) is 12.4 Å². The summed E-state index contributed by atoms with van der Waals surface area (Å²) in [6, 6.07) is 5.45. The van der Waals surface area contributed by atoms with Crippen LogP contribution in [0.15, 0.2) is 18.2 Å². The maximum atomic E-state index is 5.88. The molecule has 0 saturated carbocycles. The average Bonchev–Trinajstić information content (AvgIpc) is 2.33. The van der Waals surface area contributed by atoms with Gasteiger partial charge in [0.2, 0.25) is 0 Å². The molecule has 0 spiro atoms. The number of benzene rings is 1. The first kappa shape index (κ1) is 18.2. The summed E-state index contributed by atoms with van der Waals surface area (Å²) in [6.07, 6.45) is 3.00. The topological polar surface area (TPSA) is 35.2 Å². The van der Waals surface area contributed by atoms with Gasteiger partial charge >= 0.3 is 0 Å². The Kier molecular flexibility index (Phi) is 10.2. The number of rotatable bonds is 7. The van der Waals surface area contributed by atoms with E-state index < -0.39 is 0 Å². The van der Waals surface area contributed by atoms with E-state index in [0.717, 1.165) is 30.8 Å². The predicted molar refractivity (Wildman–Crippen MR) is 84.9 cm³/mol. The molecule has 0 heterocycles. The first-order valence-corrected chi connectivity index (χ1v) is 6.96. The van der Waals surface area contributed by atoms with Crippen molar-refractivity contribution in [3.63, 3.8) is 0 Å². The lowest BCUT2D eigenvalue weighted by atomic mass is 10.1. The number of halogens is 3. The quantitative estimate of drug-likeness (QED) is 0.580. The van der Waals surface area contributed by atoms with E-state index in [0.29, 0.717) is 16.7 Å². The van der Waals surface area contributed by atoms with Crippen LogP contribution in [0.5, 0.6) is 5.75 Å². The number of unbranched alkanes of at least 4 members (excludes halogenated alkanes) is 1. The zero-order chi connectivity index (χ0) is 12.7. The summed E-state index contributed by atoms with van der Waals surface area (Å²) in [6.45, 7) is 0.664. The fourth-order valence-corrected chi connectivity index (χ4v) is 1.83. The third-order valence-electron chi connectivity index (χ3n) is 2.36. The largest absolute Gasteiger partial charge is 0.494 e. The van der Waals surface area contributed by atoms with Gasteiger partial charge in [0.05, 0.1) is 16.7 Å². The summed E-state index contributed by atoms with van der Waals surface area (Å²) in [5, 5.41) is 1.06. The smallest absolute Gasteiger partial charge is 0.120 e. The van der Waals surface area contributed by atoms with Crippen LogP contribution < -0.4 is 10.5 Å². The zero-order valence-electron chi connectivity index (χ0n) is 9.94. The Labute approximate surface area is 130 Å². The second-order valence-corrected chi connectivity index (χ2v) is 5.04. The Morgan fingerprint density at radius 1 is 1.22 bits per heavy atom. The standard InChI is InChI=1S/C12H17Cl2NOS.ClH/c13-11-5-4-10(7-12(11)14)16-6-2-1-3-9(15)8-17;/h4-5,7,9,17H,1-3,6,8,15H2;1H. The van der Waals surface area contributed by atoms with Gasteiger partial charge < -0.3 is 10.5 Å². The molecule has 0 radical (unpaired) electrons. The first-order chi connectivity index (χ1) is 8.13. The molecule has 1 atom stereocenters. The van der Waals surface area contributed by atoms with Crippen molar-refractivity contribution in [1.29, 1.82) is 0 Å². The van der Waals surface area contributed by atoms with Crippen LogP contribution >= 0.6 is 48.2 Å². The molecule has 1 rings (SSSR count). The van der Waals surface area contributed by atoms with E-state index in [1.807, 2.05) is 6.07 Å². The Hall–Kier alpha value is 0.200. The summed E-state index contributed by atoms with van der Waals surface area (Å²) in [5.41, 5.74) is 5.75. The highest BCUT2D eigenvalue weighted by atomic mass is 35.5. The summed E-state index contributed by atoms with van der Waals surface area (Å²) in [7, 11) is 0. The van der Waals surface area contributed by atoms with E-state index in [4.69, 9.17) is 33.7 Å². The fourth-order valence-electron chi connectivity index (χ4n) is 1.36. The van der Waals surface area contributed by atoms with Crippen LogP contribution in [-0.2, 0) is 0 Å². The number of ether oxygens (including phenoxy) is 1. The van der Waals surface area contributed by atoms with Gasteiger partial charge in [-0.1, -0.05) is 23.2 Å². The van der Waals surface area contributed by atoms with Gasteiger partial charge in [-0.3, -0.25) is 0 Å². The van der Waals surface area contributed by atoms with Crippen LogP contribution in [0.2, 0.25) is 10.0 Å². The minimum Gasteiger partial charge on any atom is -0.494 e. The van der Waals surface area contributed by atoms with Crippen molar-refractivity contribution in [3.05, 3.63) is 28.2 Å². The van der Waals surface area contributed by atoms with Crippen molar-refractivity contribution in [3.8, 4) is 5.75 Å². The molecule has 1 unspecified atom stereocenters. The monoisotopic (exact) mass is 329 g/mol. The molecule has 2 N–H and O–H groups in total. The van der Waals surface area contributed by atoms with Gasteiger partial charge in [-0.05, 0) is 31.4 Å². The molecule has 0 fully saturated rings. The Morgan fingerprint density at radius 2 is 1.94 bits per heavy atom. The van der Waals surface area contributed by atoms with Gasteiger partial charge in [0.15, 0.2) is 0 Å². The van der Waals surface area contributed by atoms with Crippen LogP contribution in [0.3, 0.4) is 0 Å². The van der Waals surface area contributed by atoms with Crippen LogP contribution in [0, 0.1) is 0 Å². The summed E-state index contributed by atoms with van der Waals surface area (Å²) in [5.74, 6) is 1.48. The molecular weight excluding hydrogens is 313 g/mol. The lowest BCUT2D eigenvalue weighted by Gasteiger charge is -2.09. The van der Waals surface area contributed by atoms with Crippen LogP contribution in [0.4, 0.5) is 0 Å². The van der Waals surface area contributed by atoms with Gasteiger partial charge in [0, 0.05) is 17.9 Å². The normalized spacial score (nSPS) is 11.8. The van der Waals surface area contributed by atoms with Gasteiger partial charge in [-0.25, -0.2) is 0 Å². The SMILES string of the molecule is Cl.NC(CS)CCCCOc1ccc(Cl)c(Cl)c1. The first-order valence-electron chi connectivity index (χ1n) is 5.57. The highest BCUT2D eigenvalue weighted by Gasteiger charge is 2.01. The van der Waals surface area contributed by atoms with E-state index in [1.54, 1.807) is 12.1 Å². The summed E-state index contributed by atoms with van der Waals surface area (Å²) < 4.78 is 5.55. The molecule has 2 nitrogen and oxygen atoms in total. The Balaban J connectivity index is 0.00000289. The van der Waals surface area contributed by atoms with Gasteiger partial charge in [-0.2, -0.15) is 12.6 Å². The van der Waals surface area contributed by atoms with E-state index in [9.17, 15) is 0 Å². The maximum Gasteiger partial charge on any atom is 0.120 e. The highest BCUT2D eigenvalue weighted by molar-refractivity contribution is 7.80. The molecule has 1 aromatic rings. The van der Waals surface area contributed by atoms with E-state index in [1.165, 1.54) is 0 Å². The average molecular weight is 331 g/mol. The van der Waals surface area contributed by atoms with E-state index >= 15 is 0 Å². The third kappa shape index (κ3) is 6.95. The van der Waals surface area contributed by atoms with Crippen molar-refractivity contribution in [2.45, 2.75) is 25.3 Å². The molecule has 0 bridgehead atoms. The van der Waals surface area contributed by atoms with Crippen LogP contribution in [-0.4, -0.2) is 18.4 Å². The van der Waals surface area contributed by atoms with Gasteiger partial charge in [-0.15, -0.1) is 12.4 Å². The molecule has 0 aliphatic heterocycles. The molecule has 1 aromatic carbocycles. The van der Waals surface area contributed by atoms with E-state index in [2.05, 4.69) is 12.6 Å². The summed E-state index contributed by atoms with van der Waals surface area (Å²) >= 11 is 15.8. The number of thiol groups is 1. The predicted octanol–water partition coefficient (Wildman–Crippen LogP) is 4.22. The number of hydrogen-bond donors (Lipinski definition) is 2. The Bertz CT molecular complexity index is 352. The van der Waals surface area contributed by atoms with Crippen molar-refractivity contribution in [2.24, 2.45) is 5.73 Å². The van der Waals surface area contributed by atoms with Crippen LogP contribution in [0.1, 0.15) is 19.3 Å². The van der Waals surface area contributed by atoms with Crippen molar-refractivity contribution in [1.82, 2.24) is 0 Å². The summed E-state index contributed by atoms with van der Waals surface area (Å²) in [4.78, 5) is 0. The fraction of sp³-hybridized carbons (Fsp3) is 0.500. The lowest BCUT2D eigenvalue weighted by Crippen LogP contribution is -2.21. The molecular formula is C12H18Cl3NOS. The zero-order valence-corrected chi connectivity index (χ0v) is 13.2. The van der Waals surface area contributed by atoms with Gasteiger partial charge in [0.1, 0.15) is 5.75 Å². The number of hydrogen-bond acceptors (Lipinski definition) is 3. The lowest BCUT2D eigenvalue weighted by molar-refractivity contribution is 0.304. The van der Waals surface area contributed by atoms with Crippen LogP contribution in [0.25, 0.3) is 0 Å². The second kappa shape index (κ2) is 10.0. The van der Waals surface area contributed by atoms with E-state index in [-0.39, 0.29) is 18.4 Å². The molecule has 0 amide bonds. The molecule has 0 saturated heterocycles. The third-order valence-corrected chi connectivity index (χ3v) is 3.57. The van der Waals surface area contributed by atoms with Gasteiger partial charge in [0.25, 0.3) is 0 Å². The Morgan fingerprint density at radius 3 is 2.56 bits per heavy atom. The molecule has 0 aromatic heterocycles. The molecule has 18 heavy (non-hydrogen) atoms. The number of nitrogens with two attached hydrogens (primary N) is 1. The minimum atomic E-state index is 0. The van der Waals surface area contributed by atoms with Crippen molar-refractivity contribution < 1.29 is 4.74 Å². The highest BCUT2D eigenvalue weighted by Crippen LogP contribution is 2.26. The maximum absolute atomic E-state index is 5.88. The molecule has 6 heteroatoms. The van der Waals surface area contributed by atoms with Crippen molar-refractivity contribution >= 4 is 48.2 Å². The minimum absolute atomic E-state index is 0. The molecule has 104 valence electrons.